The average molecular weight is 349 g/mol. The average Bonchev–Trinajstić information content (AvgIpc) is 3.39. The molecular weight excluding hydrogens is 318 g/mol. The third-order valence-corrected chi connectivity index (χ3v) is 5.84. The molecule has 0 spiro atoms. The number of morpholine rings is 1. The van der Waals surface area contributed by atoms with Crippen LogP contribution >= 0.6 is 0 Å². The Bertz CT molecular complexity index is 553. The summed E-state index contributed by atoms with van der Waals surface area (Å²) in [6, 6.07) is 0.212. The van der Waals surface area contributed by atoms with Crippen LogP contribution in [0.2, 0.25) is 0 Å². The van der Waals surface area contributed by atoms with E-state index in [0.717, 1.165) is 70.7 Å². The molecule has 2 saturated heterocycles. The van der Waals surface area contributed by atoms with Crippen molar-refractivity contribution in [2.24, 2.45) is 0 Å². The Morgan fingerprint density at radius 1 is 1.12 bits per heavy atom. The molecular formula is C18H31N5O2. The van der Waals surface area contributed by atoms with Crippen molar-refractivity contribution in [2.75, 3.05) is 59.0 Å². The molecule has 0 amide bonds. The monoisotopic (exact) mass is 349 g/mol. The molecule has 0 radical (unpaired) electrons. The first-order valence-electron chi connectivity index (χ1n) is 9.86. The Morgan fingerprint density at radius 3 is 2.64 bits per heavy atom. The van der Waals surface area contributed by atoms with E-state index >= 15 is 0 Å². The molecule has 0 unspecified atom stereocenters. The second-order valence-corrected chi connectivity index (χ2v) is 7.66. The standard InChI is InChI=1S/C18H31N5O2/c1-3-21-10-11-24-16(12-21)13-22-6-8-23(9-7-22)14(2)18-19-17(20-25-18)15-4-5-15/h14-16H,3-13H2,1-2H3/t14-,16+/m0/s1. The summed E-state index contributed by atoms with van der Waals surface area (Å²) < 4.78 is 11.5. The highest BCUT2D eigenvalue weighted by Crippen LogP contribution is 2.38. The number of rotatable bonds is 6. The number of ether oxygens (including phenoxy) is 1. The van der Waals surface area contributed by atoms with Gasteiger partial charge in [0.1, 0.15) is 0 Å². The molecule has 140 valence electrons. The quantitative estimate of drug-likeness (QED) is 0.768. The van der Waals surface area contributed by atoms with Crippen LogP contribution < -0.4 is 0 Å². The summed E-state index contributed by atoms with van der Waals surface area (Å²) in [6.07, 6.45) is 2.78. The lowest BCUT2D eigenvalue weighted by Gasteiger charge is -2.40. The highest BCUT2D eigenvalue weighted by atomic mass is 16.5. The van der Waals surface area contributed by atoms with Gasteiger partial charge in [-0.05, 0) is 26.3 Å². The van der Waals surface area contributed by atoms with E-state index in [-0.39, 0.29) is 6.04 Å². The Kier molecular flexibility index (Phi) is 5.36. The molecule has 0 N–H and O–H groups in total. The SMILES string of the molecule is CCN1CCO[C@@H](CN2CCN([C@@H](C)c3nc(C4CC4)no3)CC2)C1. The fourth-order valence-electron chi connectivity index (χ4n) is 3.88. The van der Waals surface area contributed by atoms with Crippen molar-refractivity contribution in [1.29, 1.82) is 0 Å². The van der Waals surface area contributed by atoms with Crippen molar-refractivity contribution in [1.82, 2.24) is 24.8 Å². The Balaban J connectivity index is 1.24. The molecule has 3 heterocycles. The van der Waals surface area contributed by atoms with Crippen LogP contribution in [-0.4, -0.2) is 89.9 Å². The molecule has 0 aromatic carbocycles. The zero-order valence-electron chi connectivity index (χ0n) is 15.6. The van der Waals surface area contributed by atoms with E-state index in [2.05, 4.69) is 38.7 Å². The van der Waals surface area contributed by atoms with Crippen molar-refractivity contribution in [3.8, 4) is 0 Å². The Hall–Kier alpha value is -1.02. The van der Waals surface area contributed by atoms with Crippen LogP contribution in [-0.2, 0) is 4.74 Å². The van der Waals surface area contributed by atoms with Gasteiger partial charge in [0.15, 0.2) is 5.82 Å². The molecule has 7 heteroatoms. The van der Waals surface area contributed by atoms with Crippen molar-refractivity contribution in [2.45, 2.75) is 44.8 Å². The molecule has 1 aromatic heterocycles. The topological polar surface area (TPSA) is 57.9 Å². The molecule has 25 heavy (non-hydrogen) atoms. The van der Waals surface area contributed by atoms with Gasteiger partial charge in [0.25, 0.3) is 0 Å². The molecule has 2 aliphatic heterocycles. The van der Waals surface area contributed by atoms with Gasteiger partial charge < -0.3 is 9.26 Å². The van der Waals surface area contributed by atoms with Crippen LogP contribution in [0, 0.1) is 0 Å². The van der Waals surface area contributed by atoms with Gasteiger partial charge in [0.05, 0.1) is 18.8 Å². The third-order valence-electron chi connectivity index (χ3n) is 5.84. The summed E-state index contributed by atoms with van der Waals surface area (Å²) in [5.41, 5.74) is 0. The second kappa shape index (κ2) is 7.70. The molecule has 1 aromatic rings. The minimum Gasteiger partial charge on any atom is -0.374 e. The molecule has 3 fully saturated rings. The van der Waals surface area contributed by atoms with Crippen LogP contribution in [0.1, 0.15) is 50.4 Å². The van der Waals surface area contributed by atoms with Gasteiger partial charge in [-0.1, -0.05) is 12.1 Å². The Morgan fingerprint density at radius 2 is 1.92 bits per heavy atom. The molecule has 1 aliphatic carbocycles. The van der Waals surface area contributed by atoms with E-state index < -0.39 is 0 Å². The van der Waals surface area contributed by atoms with E-state index in [1.54, 1.807) is 0 Å². The van der Waals surface area contributed by atoms with E-state index in [0.29, 0.717) is 12.0 Å². The van der Waals surface area contributed by atoms with E-state index in [4.69, 9.17) is 9.26 Å². The lowest BCUT2D eigenvalue weighted by molar-refractivity contribution is -0.0485. The van der Waals surface area contributed by atoms with Gasteiger partial charge >= 0.3 is 0 Å². The van der Waals surface area contributed by atoms with E-state index in [9.17, 15) is 0 Å². The summed E-state index contributed by atoms with van der Waals surface area (Å²) in [5, 5.41) is 4.16. The Labute approximate surface area is 150 Å². The second-order valence-electron chi connectivity index (χ2n) is 7.66. The molecule has 4 rings (SSSR count). The molecule has 0 bridgehead atoms. The zero-order chi connectivity index (χ0) is 17.2. The summed E-state index contributed by atoms with van der Waals surface area (Å²) in [7, 11) is 0. The smallest absolute Gasteiger partial charge is 0.243 e. The van der Waals surface area contributed by atoms with Crippen LogP contribution in [0.25, 0.3) is 0 Å². The van der Waals surface area contributed by atoms with Gasteiger partial charge in [-0.3, -0.25) is 14.7 Å². The normalized spacial score (nSPS) is 28.3. The van der Waals surface area contributed by atoms with Crippen molar-refractivity contribution < 1.29 is 9.26 Å². The molecule has 3 aliphatic rings. The number of aromatic nitrogens is 2. The van der Waals surface area contributed by atoms with Crippen LogP contribution in [0.3, 0.4) is 0 Å². The minimum absolute atomic E-state index is 0.212. The fourth-order valence-corrected chi connectivity index (χ4v) is 3.88. The minimum atomic E-state index is 0.212. The number of piperazine rings is 1. The fraction of sp³-hybridized carbons (Fsp3) is 0.889. The van der Waals surface area contributed by atoms with Gasteiger partial charge in [0.2, 0.25) is 5.89 Å². The van der Waals surface area contributed by atoms with Crippen molar-refractivity contribution in [3.05, 3.63) is 11.7 Å². The van der Waals surface area contributed by atoms with Crippen LogP contribution in [0.4, 0.5) is 0 Å². The van der Waals surface area contributed by atoms with Gasteiger partial charge in [-0.25, -0.2) is 0 Å². The number of hydrogen-bond donors (Lipinski definition) is 0. The lowest BCUT2D eigenvalue weighted by Crippen LogP contribution is -2.52. The molecule has 7 nitrogen and oxygen atoms in total. The van der Waals surface area contributed by atoms with Gasteiger partial charge in [0, 0.05) is 51.7 Å². The lowest BCUT2D eigenvalue weighted by atomic mass is 10.2. The third kappa shape index (κ3) is 4.22. The van der Waals surface area contributed by atoms with Gasteiger partial charge in [-0.2, -0.15) is 4.98 Å². The maximum absolute atomic E-state index is 5.96. The van der Waals surface area contributed by atoms with Crippen molar-refractivity contribution >= 4 is 0 Å². The first-order chi connectivity index (χ1) is 12.2. The van der Waals surface area contributed by atoms with Crippen molar-refractivity contribution in [3.63, 3.8) is 0 Å². The summed E-state index contributed by atoms with van der Waals surface area (Å²) in [6.45, 7) is 13.9. The first-order valence-corrected chi connectivity index (χ1v) is 9.86. The molecule has 1 saturated carbocycles. The maximum atomic E-state index is 5.96. The first kappa shape index (κ1) is 17.4. The number of nitrogens with zero attached hydrogens (tertiary/aromatic N) is 5. The van der Waals surface area contributed by atoms with E-state index in [1.807, 2.05) is 0 Å². The van der Waals surface area contributed by atoms with Gasteiger partial charge in [-0.15, -0.1) is 0 Å². The maximum Gasteiger partial charge on any atom is 0.243 e. The zero-order valence-corrected chi connectivity index (χ0v) is 15.6. The number of hydrogen-bond acceptors (Lipinski definition) is 7. The largest absolute Gasteiger partial charge is 0.374 e. The van der Waals surface area contributed by atoms with Crippen LogP contribution in [0.5, 0.6) is 0 Å². The highest BCUT2D eigenvalue weighted by molar-refractivity contribution is 5.04. The number of likely N-dealkylation sites (N-methyl/N-ethyl adjacent to an activating group) is 1. The summed E-state index contributed by atoms with van der Waals surface area (Å²) in [5.74, 6) is 2.25. The highest BCUT2D eigenvalue weighted by Gasteiger charge is 2.32. The van der Waals surface area contributed by atoms with Crippen LogP contribution in [0.15, 0.2) is 4.52 Å². The van der Waals surface area contributed by atoms with E-state index in [1.165, 1.54) is 12.8 Å². The predicted octanol–water partition coefficient (Wildman–Crippen LogP) is 1.35. The summed E-state index contributed by atoms with van der Waals surface area (Å²) >= 11 is 0. The molecule has 2 atom stereocenters. The predicted molar refractivity (Wildman–Crippen MR) is 94.6 cm³/mol. The summed E-state index contributed by atoms with van der Waals surface area (Å²) in [4.78, 5) is 12.1.